The highest BCUT2D eigenvalue weighted by Gasteiger charge is 2.21. The number of nitrogens with zero attached hydrogens (tertiary/aromatic N) is 2. The van der Waals surface area contributed by atoms with Crippen molar-refractivity contribution in [1.29, 1.82) is 5.26 Å². The van der Waals surface area contributed by atoms with Gasteiger partial charge in [-0.2, -0.15) is 5.26 Å². The minimum absolute atomic E-state index is 0.00346. The van der Waals surface area contributed by atoms with Crippen molar-refractivity contribution in [3.8, 4) is 11.8 Å². The number of hydrogen-bond donors (Lipinski definition) is 0. The number of rotatable bonds is 5. The standard InChI is InChI=1S/C15H18N2O2/c1-17(10-13-3-2-4-13)15(18)11-19-14-7-5-12(9-16)6-8-14/h5-8,13H,2-4,10-11H2,1H3. The van der Waals surface area contributed by atoms with Gasteiger partial charge in [0, 0.05) is 13.6 Å². The Hall–Kier alpha value is -2.02. The minimum atomic E-state index is -0.00346. The van der Waals surface area contributed by atoms with Crippen LogP contribution < -0.4 is 4.74 Å². The molecule has 0 aliphatic heterocycles. The first kappa shape index (κ1) is 13.4. The van der Waals surface area contributed by atoms with Gasteiger partial charge >= 0.3 is 0 Å². The first-order valence-corrected chi connectivity index (χ1v) is 6.56. The molecular weight excluding hydrogens is 240 g/mol. The summed E-state index contributed by atoms with van der Waals surface area (Å²) in [6.07, 6.45) is 3.75. The highest BCUT2D eigenvalue weighted by molar-refractivity contribution is 5.77. The highest BCUT2D eigenvalue weighted by atomic mass is 16.5. The number of hydrogen-bond acceptors (Lipinski definition) is 3. The van der Waals surface area contributed by atoms with Gasteiger partial charge in [-0.1, -0.05) is 6.42 Å². The third-order valence-corrected chi connectivity index (χ3v) is 3.53. The molecule has 0 bridgehead atoms. The molecule has 0 aromatic heterocycles. The fourth-order valence-electron chi connectivity index (χ4n) is 2.05. The van der Waals surface area contributed by atoms with Crippen molar-refractivity contribution in [2.45, 2.75) is 19.3 Å². The second kappa shape index (κ2) is 6.24. The number of amides is 1. The molecule has 1 aromatic carbocycles. The van der Waals surface area contributed by atoms with Gasteiger partial charge in [-0.3, -0.25) is 4.79 Å². The molecule has 0 spiro atoms. The van der Waals surface area contributed by atoms with Crippen molar-refractivity contribution in [3.63, 3.8) is 0 Å². The maximum Gasteiger partial charge on any atom is 0.260 e. The van der Waals surface area contributed by atoms with E-state index in [-0.39, 0.29) is 12.5 Å². The lowest BCUT2D eigenvalue weighted by Crippen LogP contribution is -2.37. The smallest absolute Gasteiger partial charge is 0.260 e. The molecule has 0 heterocycles. The summed E-state index contributed by atoms with van der Waals surface area (Å²) in [6, 6.07) is 8.81. The third-order valence-electron chi connectivity index (χ3n) is 3.53. The Labute approximate surface area is 113 Å². The van der Waals surface area contributed by atoms with Gasteiger partial charge in [-0.25, -0.2) is 0 Å². The van der Waals surface area contributed by atoms with Crippen LogP contribution in [0.1, 0.15) is 24.8 Å². The first-order chi connectivity index (χ1) is 9.19. The van der Waals surface area contributed by atoms with Crippen LogP contribution in [0, 0.1) is 17.2 Å². The zero-order valence-electron chi connectivity index (χ0n) is 11.1. The predicted octanol–water partition coefficient (Wildman–Crippen LogP) is 2.20. The molecule has 0 radical (unpaired) electrons. The van der Waals surface area contributed by atoms with Gasteiger partial charge in [0.2, 0.25) is 0 Å². The molecular formula is C15H18N2O2. The van der Waals surface area contributed by atoms with E-state index in [1.807, 2.05) is 13.1 Å². The fourth-order valence-corrected chi connectivity index (χ4v) is 2.05. The molecule has 1 amide bonds. The van der Waals surface area contributed by atoms with Crippen molar-refractivity contribution in [2.24, 2.45) is 5.92 Å². The molecule has 1 aliphatic rings. The van der Waals surface area contributed by atoms with Gasteiger partial charge in [-0.05, 0) is 43.0 Å². The van der Waals surface area contributed by atoms with Gasteiger partial charge < -0.3 is 9.64 Å². The molecule has 0 unspecified atom stereocenters. The zero-order chi connectivity index (χ0) is 13.7. The van der Waals surface area contributed by atoms with Crippen LogP contribution in [0.5, 0.6) is 5.75 Å². The Bertz CT molecular complexity index is 472. The monoisotopic (exact) mass is 258 g/mol. The predicted molar refractivity (Wildman–Crippen MR) is 71.6 cm³/mol. The van der Waals surface area contributed by atoms with E-state index in [9.17, 15) is 4.79 Å². The molecule has 1 aromatic rings. The minimum Gasteiger partial charge on any atom is -0.484 e. The molecule has 1 aliphatic carbocycles. The normalized spacial score (nSPS) is 14.3. The van der Waals surface area contributed by atoms with E-state index in [1.165, 1.54) is 19.3 Å². The summed E-state index contributed by atoms with van der Waals surface area (Å²) in [7, 11) is 1.82. The molecule has 0 N–H and O–H groups in total. The molecule has 2 rings (SSSR count). The number of likely N-dealkylation sites (N-methyl/N-ethyl adjacent to an activating group) is 1. The Balaban J connectivity index is 1.77. The van der Waals surface area contributed by atoms with Crippen LogP contribution in [0.25, 0.3) is 0 Å². The molecule has 4 heteroatoms. The zero-order valence-corrected chi connectivity index (χ0v) is 11.1. The molecule has 0 saturated heterocycles. The van der Waals surface area contributed by atoms with Crippen molar-refractivity contribution >= 4 is 5.91 Å². The highest BCUT2D eigenvalue weighted by Crippen LogP contribution is 2.26. The molecule has 4 nitrogen and oxygen atoms in total. The van der Waals surface area contributed by atoms with Crippen molar-refractivity contribution in [2.75, 3.05) is 20.2 Å². The Morgan fingerprint density at radius 3 is 2.63 bits per heavy atom. The first-order valence-electron chi connectivity index (χ1n) is 6.56. The number of ether oxygens (including phenoxy) is 1. The van der Waals surface area contributed by atoms with Gasteiger partial charge in [0.1, 0.15) is 5.75 Å². The van der Waals surface area contributed by atoms with E-state index in [4.69, 9.17) is 10.00 Å². The van der Waals surface area contributed by atoms with E-state index < -0.39 is 0 Å². The van der Waals surface area contributed by atoms with Crippen LogP contribution in [0.2, 0.25) is 0 Å². The van der Waals surface area contributed by atoms with E-state index in [0.717, 1.165) is 6.54 Å². The largest absolute Gasteiger partial charge is 0.484 e. The number of carbonyl (C=O) groups excluding carboxylic acids is 1. The molecule has 1 fully saturated rings. The second-order valence-corrected chi connectivity index (χ2v) is 5.00. The van der Waals surface area contributed by atoms with Gasteiger partial charge in [0.25, 0.3) is 5.91 Å². The maximum absolute atomic E-state index is 11.9. The third kappa shape index (κ3) is 3.72. The average molecular weight is 258 g/mol. The van der Waals surface area contributed by atoms with Crippen LogP contribution in [-0.4, -0.2) is 31.0 Å². The van der Waals surface area contributed by atoms with E-state index >= 15 is 0 Å². The van der Waals surface area contributed by atoms with Crippen molar-refractivity contribution < 1.29 is 9.53 Å². The summed E-state index contributed by atoms with van der Waals surface area (Å²) in [4.78, 5) is 13.6. The molecule has 100 valence electrons. The average Bonchev–Trinajstić information content (AvgIpc) is 2.40. The van der Waals surface area contributed by atoms with E-state index in [1.54, 1.807) is 29.2 Å². The Morgan fingerprint density at radius 2 is 2.11 bits per heavy atom. The van der Waals surface area contributed by atoms with Gasteiger partial charge in [0.15, 0.2) is 6.61 Å². The topological polar surface area (TPSA) is 53.3 Å². The SMILES string of the molecule is CN(CC1CCC1)C(=O)COc1ccc(C#N)cc1. The summed E-state index contributed by atoms with van der Waals surface area (Å²) in [5.41, 5.74) is 0.584. The molecule has 1 saturated carbocycles. The van der Waals surface area contributed by atoms with Crippen LogP contribution in [0.3, 0.4) is 0 Å². The Kier molecular flexibility index (Phi) is 4.40. The lowest BCUT2D eigenvalue weighted by Gasteiger charge is -2.30. The maximum atomic E-state index is 11.9. The second-order valence-electron chi connectivity index (χ2n) is 5.00. The van der Waals surface area contributed by atoms with Crippen molar-refractivity contribution in [1.82, 2.24) is 4.90 Å². The lowest BCUT2D eigenvalue weighted by atomic mass is 9.85. The van der Waals surface area contributed by atoms with Crippen LogP contribution >= 0.6 is 0 Å². The van der Waals surface area contributed by atoms with Gasteiger partial charge in [0.05, 0.1) is 11.6 Å². The van der Waals surface area contributed by atoms with E-state index in [0.29, 0.717) is 17.2 Å². The summed E-state index contributed by atoms with van der Waals surface area (Å²) < 4.78 is 5.42. The number of benzene rings is 1. The quantitative estimate of drug-likeness (QED) is 0.813. The van der Waals surface area contributed by atoms with Crippen molar-refractivity contribution in [3.05, 3.63) is 29.8 Å². The number of carbonyl (C=O) groups is 1. The summed E-state index contributed by atoms with van der Waals surface area (Å²) in [6.45, 7) is 0.880. The Morgan fingerprint density at radius 1 is 1.42 bits per heavy atom. The van der Waals surface area contributed by atoms with Gasteiger partial charge in [-0.15, -0.1) is 0 Å². The lowest BCUT2D eigenvalue weighted by molar-refractivity contribution is -0.133. The summed E-state index contributed by atoms with van der Waals surface area (Å²) >= 11 is 0. The molecule has 19 heavy (non-hydrogen) atoms. The fraction of sp³-hybridized carbons (Fsp3) is 0.467. The van der Waals surface area contributed by atoms with Crippen LogP contribution in [0.15, 0.2) is 24.3 Å². The number of nitriles is 1. The van der Waals surface area contributed by atoms with Crippen LogP contribution in [-0.2, 0) is 4.79 Å². The summed E-state index contributed by atoms with van der Waals surface area (Å²) in [5.74, 6) is 1.28. The van der Waals surface area contributed by atoms with Crippen LogP contribution in [0.4, 0.5) is 0 Å². The van der Waals surface area contributed by atoms with E-state index in [2.05, 4.69) is 0 Å². The summed E-state index contributed by atoms with van der Waals surface area (Å²) in [5, 5.41) is 8.68. The molecule has 0 atom stereocenters.